The summed E-state index contributed by atoms with van der Waals surface area (Å²) in [6.45, 7) is 2.41. The SMILES string of the molecule is CC(Sc1nnc(NCc2ccc(F)cc2)s1)C(=O)c1c[nH]c2ccccc12. The first-order valence-electron chi connectivity index (χ1n) is 8.69. The van der Waals surface area contributed by atoms with Gasteiger partial charge in [0, 0.05) is 29.2 Å². The first-order chi connectivity index (χ1) is 13.6. The van der Waals surface area contributed by atoms with Crippen LogP contribution in [0.1, 0.15) is 22.8 Å². The number of fused-ring (bicyclic) bond motifs is 1. The predicted octanol–water partition coefficient (Wildman–Crippen LogP) is 5.13. The fourth-order valence-corrected chi connectivity index (χ4v) is 4.77. The Morgan fingerprint density at radius 3 is 2.82 bits per heavy atom. The average Bonchev–Trinajstić information content (AvgIpc) is 3.34. The molecular weight excluding hydrogens is 395 g/mol. The molecule has 28 heavy (non-hydrogen) atoms. The summed E-state index contributed by atoms with van der Waals surface area (Å²) >= 11 is 2.79. The molecule has 4 rings (SSSR count). The standard InChI is InChI=1S/C20H17FN4OS2/c1-12(18(26)16-11-22-17-5-3-2-4-15(16)17)27-20-25-24-19(28-20)23-10-13-6-8-14(21)9-7-13/h2-9,11-12,22H,10H2,1H3,(H,23,24). The van der Waals surface area contributed by atoms with Crippen LogP contribution in [0.25, 0.3) is 10.9 Å². The number of nitrogens with one attached hydrogen (secondary N) is 2. The molecule has 0 spiro atoms. The number of rotatable bonds is 7. The van der Waals surface area contributed by atoms with E-state index in [2.05, 4.69) is 20.5 Å². The van der Waals surface area contributed by atoms with E-state index in [1.165, 1.54) is 35.2 Å². The molecule has 2 aromatic heterocycles. The van der Waals surface area contributed by atoms with Gasteiger partial charge in [0.2, 0.25) is 5.13 Å². The Morgan fingerprint density at radius 2 is 2.00 bits per heavy atom. The monoisotopic (exact) mass is 412 g/mol. The smallest absolute Gasteiger partial charge is 0.206 e. The Labute approximate surface area is 169 Å². The average molecular weight is 413 g/mol. The van der Waals surface area contributed by atoms with Gasteiger partial charge < -0.3 is 10.3 Å². The lowest BCUT2D eigenvalue weighted by Crippen LogP contribution is -2.12. The molecule has 5 nitrogen and oxygen atoms in total. The third kappa shape index (κ3) is 4.07. The second-order valence-electron chi connectivity index (χ2n) is 6.23. The predicted molar refractivity (Wildman–Crippen MR) is 112 cm³/mol. The van der Waals surface area contributed by atoms with Crippen LogP contribution in [-0.2, 0) is 6.54 Å². The van der Waals surface area contributed by atoms with Crippen LogP contribution in [0.4, 0.5) is 9.52 Å². The highest BCUT2D eigenvalue weighted by Crippen LogP contribution is 2.31. The molecule has 2 N–H and O–H groups in total. The van der Waals surface area contributed by atoms with Crippen molar-refractivity contribution in [1.82, 2.24) is 15.2 Å². The maximum Gasteiger partial charge on any atom is 0.206 e. The van der Waals surface area contributed by atoms with Gasteiger partial charge in [0.1, 0.15) is 5.82 Å². The highest BCUT2D eigenvalue weighted by Gasteiger charge is 2.21. The summed E-state index contributed by atoms with van der Waals surface area (Å²) in [6, 6.07) is 14.1. The van der Waals surface area contributed by atoms with E-state index < -0.39 is 0 Å². The zero-order chi connectivity index (χ0) is 19.5. The molecule has 0 radical (unpaired) electrons. The van der Waals surface area contributed by atoms with Crippen LogP contribution in [0.3, 0.4) is 0 Å². The van der Waals surface area contributed by atoms with Crippen molar-refractivity contribution >= 4 is 44.9 Å². The van der Waals surface area contributed by atoms with E-state index >= 15 is 0 Å². The first-order valence-corrected chi connectivity index (χ1v) is 10.4. The second kappa shape index (κ2) is 8.12. The van der Waals surface area contributed by atoms with Gasteiger partial charge >= 0.3 is 0 Å². The molecule has 0 saturated carbocycles. The van der Waals surface area contributed by atoms with Crippen molar-refractivity contribution in [3.8, 4) is 0 Å². The Kier molecular flexibility index (Phi) is 5.40. The second-order valence-corrected chi connectivity index (χ2v) is 8.79. The summed E-state index contributed by atoms with van der Waals surface area (Å²) in [5.41, 5.74) is 2.59. The zero-order valence-electron chi connectivity index (χ0n) is 15.0. The minimum absolute atomic E-state index is 0.0541. The number of ketones is 1. The molecule has 2 aromatic carbocycles. The number of hydrogen-bond acceptors (Lipinski definition) is 6. The Hall–Kier alpha value is -2.71. The number of carbonyl (C=O) groups is 1. The number of thioether (sulfide) groups is 1. The van der Waals surface area contributed by atoms with Crippen molar-refractivity contribution in [3.05, 3.63) is 71.7 Å². The first kappa shape index (κ1) is 18.6. The molecule has 0 bridgehead atoms. The number of aromatic nitrogens is 3. The number of benzene rings is 2. The molecule has 1 atom stereocenters. The minimum atomic E-state index is -0.280. The van der Waals surface area contributed by atoms with Crippen molar-refractivity contribution < 1.29 is 9.18 Å². The number of anilines is 1. The van der Waals surface area contributed by atoms with Crippen LogP contribution in [0, 0.1) is 5.82 Å². The van der Waals surface area contributed by atoms with Crippen LogP contribution >= 0.6 is 23.1 Å². The van der Waals surface area contributed by atoms with Gasteiger partial charge in [0.15, 0.2) is 10.1 Å². The third-order valence-corrected chi connectivity index (χ3v) is 6.33. The lowest BCUT2D eigenvalue weighted by molar-refractivity contribution is 0.0995. The van der Waals surface area contributed by atoms with Gasteiger partial charge in [-0.1, -0.05) is 53.4 Å². The molecule has 4 aromatic rings. The normalized spacial score (nSPS) is 12.2. The molecule has 0 aliphatic heterocycles. The van der Waals surface area contributed by atoms with Crippen LogP contribution in [0.2, 0.25) is 0 Å². The van der Waals surface area contributed by atoms with Gasteiger partial charge in [-0.3, -0.25) is 4.79 Å². The largest absolute Gasteiger partial charge is 0.360 e. The fourth-order valence-electron chi connectivity index (χ4n) is 2.81. The zero-order valence-corrected chi connectivity index (χ0v) is 16.6. The summed E-state index contributed by atoms with van der Waals surface area (Å²) in [4.78, 5) is 16.0. The maximum absolute atomic E-state index is 13.0. The van der Waals surface area contributed by atoms with E-state index in [1.807, 2.05) is 31.2 Å². The number of H-pyrrole nitrogens is 1. The lowest BCUT2D eigenvalue weighted by atomic mass is 10.1. The van der Waals surface area contributed by atoms with E-state index in [0.29, 0.717) is 17.2 Å². The summed E-state index contributed by atoms with van der Waals surface area (Å²) in [7, 11) is 0. The van der Waals surface area contributed by atoms with Gasteiger partial charge in [-0.2, -0.15) is 0 Å². The fraction of sp³-hybridized carbons (Fsp3) is 0.150. The highest BCUT2D eigenvalue weighted by molar-refractivity contribution is 8.02. The van der Waals surface area contributed by atoms with E-state index in [4.69, 9.17) is 0 Å². The summed E-state index contributed by atoms with van der Waals surface area (Å²) < 4.78 is 13.7. The van der Waals surface area contributed by atoms with Gasteiger partial charge in [-0.25, -0.2) is 4.39 Å². The van der Waals surface area contributed by atoms with Crippen LogP contribution in [-0.4, -0.2) is 26.2 Å². The molecule has 8 heteroatoms. The molecule has 1 unspecified atom stereocenters. The Morgan fingerprint density at radius 1 is 1.21 bits per heavy atom. The number of Topliss-reactive ketones (excluding diaryl/α,β-unsaturated/α-hetero) is 1. The van der Waals surface area contributed by atoms with Gasteiger partial charge in [0.25, 0.3) is 0 Å². The van der Waals surface area contributed by atoms with E-state index in [-0.39, 0.29) is 16.9 Å². The number of halogens is 1. The summed E-state index contributed by atoms with van der Waals surface area (Å²) in [5.74, 6) is -0.203. The van der Waals surface area contributed by atoms with Gasteiger partial charge in [-0.15, -0.1) is 10.2 Å². The molecule has 0 saturated heterocycles. The van der Waals surface area contributed by atoms with Crippen molar-refractivity contribution in [2.24, 2.45) is 0 Å². The molecule has 2 heterocycles. The number of aromatic amines is 1. The summed E-state index contributed by atoms with van der Waals surface area (Å²) in [6.07, 6.45) is 1.76. The topological polar surface area (TPSA) is 70.7 Å². The highest BCUT2D eigenvalue weighted by atomic mass is 32.2. The minimum Gasteiger partial charge on any atom is -0.360 e. The van der Waals surface area contributed by atoms with Crippen LogP contribution in [0.5, 0.6) is 0 Å². The summed E-state index contributed by atoms with van der Waals surface area (Å²) in [5, 5.41) is 12.8. The molecule has 0 aliphatic rings. The number of para-hydroxylation sites is 1. The molecule has 142 valence electrons. The van der Waals surface area contributed by atoms with Crippen molar-refractivity contribution in [2.45, 2.75) is 23.1 Å². The van der Waals surface area contributed by atoms with Gasteiger partial charge in [-0.05, 0) is 30.7 Å². The molecule has 0 aliphatic carbocycles. The van der Waals surface area contributed by atoms with Crippen molar-refractivity contribution in [1.29, 1.82) is 0 Å². The van der Waals surface area contributed by atoms with E-state index in [9.17, 15) is 9.18 Å². The van der Waals surface area contributed by atoms with Crippen LogP contribution < -0.4 is 5.32 Å². The lowest BCUT2D eigenvalue weighted by Gasteiger charge is -2.06. The number of nitrogens with zero attached hydrogens (tertiary/aromatic N) is 2. The quantitative estimate of drug-likeness (QED) is 0.325. The molecular formula is C20H17FN4OS2. The Balaban J connectivity index is 1.39. The molecule has 0 amide bonds. The third-order valence-electron chi connectivity index (χ3n) is 4.26. The van der Waals surface area contributed by atoms with Gasteiger partial charge in [0.05, 0.1) is 5.25 Å². The van der Waals surface area contributed by atoms with E-state index in [1.54, 1.807) is 18.3 Å². The van der Waals surface area contributed by atoms with Crippen molar-refractivity contribution in [3.63, 3.8) is 0 Å². The van der Waals surface area contributed by atoms with Crippen molar-refractivity contribution in [2.75, 3.05) is 5.32 Å². The maximum atomic E-state index is 13.0. The molecule has 0 fully saturated rings. The van der Waals surface area contributed by atoms with E-state index in [0.717, 1.165) is 20.8 Å². The number of hydrogen-bond donors (Lipinski definition) is 2. The Bertz CT molecular complexity index is 1110. The van der Waals surface area contributed by atoms with Crippen LogP contribution in [0.15, 0.2) is 59.1 Å². The number of carbonyl (C=O) groups excluding carboxylic acids is 1.